The van der Waals surface area contributed by atoms with Crippen LogP contribution in [0.3, 0.4) is 0 Å². The number of piperidine rings is 1. The number of hydrogen-bond acceptors (Lipinski definition) is 6. The van der Waals surface area contributed by atoms with Crippen molar-refractivity contribution in [3.05, 3.63) is 60.1 Å². The van der Waals surface area contributed by atoms with Gasteiger partial charge >= 0.3 is 6.18 Å². The van der Waals surface area contributed by atoms with Crippen LogP contribution < -0.4 is 4.74 Å². The van der Waals surface area contributed by atoms with Gasteiger partial charge in [-0.3, -0.25) is 4.79 Å². The molecule has 3 aromatic rings. The van der Waals surface area contributed by atoms with Crippen LogP contribution in [0.5, 0.6) is 5.88 Å². The number of amides is 1. The van der Waals surface area contributed by atoms with E-state index in [9.17, 15) is 22.4 Å². The summed E-state index contributed by atoms with van der Waals surface area (Å²) >= 11 is 0. The average molecular weight is 450 g/mol. The fourth-order valence-corrected chi connectivity index (χ4v) is 3.61. The lowest BCUT2D eigenvalue weighted by atomic mass is 9.98. The van der Waals surface area contributed by atoms with E-state index in [0.29, 0.717) is 25.6 Å². The molecule has 32 heavy (non-hydrogen) atoms. The van der Waals surface area contributed by atoms with Crippen LogP contribution >= 0.6 is 0 Å². The molecule has 0 saturated carbocycles. The Morgan fingerprint density at radius 3 is 2.56 bits per heavy atom. The van der Waals surface area contributed by atoms with Crippen molar-refractivity contribution in [3.8, 4) is 11.6 Å². The fourth-order valence-electron chi connectivity index (χ4n) is 3.61. The van der Waals surface area contributed by atoms with Crippen LogP contribution in [0.25, 0.3) is 5.69 Å². The fraction of sp³-hybridized carbons (Fsp3) is 0.350. The van der Waals surface area contributed by atoms with Crippen molar-refractivity contribution in [2.45, 2.75) is 38.1 Å². The lowest BCUT2D eigenvalue weighted by molar-refractivity contribution is -0.141. The highest BCUT2D eigenvalue weighted by molar-refractivity contribution is 5.98. The predicted octanol–water partition coefficient (Wildman–Crippen LogP) is 3.29. The Morgan fingerprint density at radius 1 is 1.16 bits per heavy atom. The number of likely N-dealkylation sites (tertiary alicyclic amines) is 1. The van der Waals surface area contributed by atoms with E-state index in [-0.39, 0.29) is 17.1 Å². The number of aromatic nitrogens is 5. The molecule has 3 heterocycles. The molecular formula is C20H18F4N6O2. The van der Waals surface area contributed by atoms with Crippen molar-refractivity contribution in [1.82, 2.24) is 29.9 Å². The molecule has 1 fully saturated rings. The van der Waals surface area contributed by atoms with Crippen molar-refractivity contribution < 1.29 is 27.1 Å². The van der Waals surface area contributed by atoms with E-state index in [4.69, 9.17) is 4.74 Å². The number of benzene rings is 1. The number of carbonyl (C=O) groups is 1. The second-order valence-corrected chi connectivity index (χ2v) is 7.23. The monoisotopic (exact) mass is 450 g/mol. The van der Waals surface area contributed by atoms with Crippen LogP contribution in [0.2, 0.25) is 0 Å². The molecule has 8 nitrogen and oxygen atoms in total. The predicted molar refractivity (Wildman–Crippen MR) is 102 cm³/mol. The second-order valence-electron chi connectivity index (χ2n) is 7.23. The molecule has 4 rings (SSSR count). The lowest BCUT2D eigenvalue weighted by Gasteiger charge is -2.39. The topological polar surface area (TPSA) is 86.0 Å². The second kappa shape index (κ2) is 8.52. The van der Waals surface area contributed by atoms with Crippen molar-refractivity contribution in [1.29, 1.82) is 0 Å². The molecule has 0 spiro atoms. The van der Waals surface area contributed by atoms with E-state index in [2.05, 4.69) is 20.2 Å². The average Bonchev–Trinajstić information content (AvgIpc) is 3.29. The third kappa shape index (κ3) is 4.25. The summed E-state index contributed by atoms with van der Waals surface area (Å²) in [6, 6.07) is 3.67. The smallest absolute Gasteiger partial charge is 0.434 e. The third-order valence-corrected chi connectivity index (χ3v) is 5.20. The molecule has 0 N–H and O–H groups in total. The van der Waals surface area contributed by atoms with Gasteiger partial charge in [-0.1, -0.05) is 6.07 Å². The molecule has 1 aromatic carbocycles. The highest BCUT2D eigenvalue weighted by Gasteiger charge is 2.36. The van der Waals surface area contributed by atoms with Gasteiger partial charge < -0.3 is 9.64 Å². The van der Waals surface area contributed by atoms with Crippen molar-refractivity contribution >= 4 is 5.91 Å². The van der Waals surface area contributed by atoms with Gasteiger partial charge in [0.15, 0.2) is 11.5 Å². The number of para-hydroxylation sites is 1. The highest BCUT2D eigenvalue weighted by atomic mass is 19.4. The number of rotatable bonds is 4. The summed E-state index contributed by atoms with van der Waals surface area (Å²) in [5.41, 5.74) is -1.10. The van der Waals surface area contributed by atoms with Crippen molar-refractivity contribution in [2.75, 3.05) is 6.54 Å². The van der Waals surface area contributed by atoms with Gasteiger partial charge in [0.25, 0.3) is 5.91 Å². The summed E-state index contributed by atoms with van der Waals surface area (Å²) in [6.45, 7) is 2.16. The van der Waals surface area contributed by atoms with E-state index in [0.717, 1.165) is 11.0 Å². The first-order valence-corrected chi connectivity index (χ1v) is 9.78. The normalized spacial score (nSPS) is 19.1. The lowest BCUT2D eigenvalue weighted by Crippen LogP contribution is -2.51. The van der Waals surface area contributed by atoms with Gasteiger partial charge in [0.2, 0.25) is 5.88 Å². The maximum absolute atomic E-state index is 14.5. The maximum Gasteiger partial charge on any atom is 0.434 e. The summed E-state index contributed by atoms with van der Waals surface area (Å²) in [4.78, 5) is 22.9. The van der Waals surface area contributed by atoms with Gasteiger partial charge in [-0.25, -0.2) is 14.4 Å². The summed E-state index contributed by atoms with van der Waals surface area (Å²) in [7, 11) is 0. The number of carbonyl (C=O) groups excluding carboxylic acids is 1. The molecule has 0 radical (unpaired) electrons. The standard InChI is InChI=1S/C20H18F4N6O2/c1-12-15(32-17-11-25-16(10-26-17)20(22,23)24)6-3-9-29(12)19(31)13-4-2-5-14(21)18(13)30-27-7-8-28-30/h2,4-5,7-8,10-12,15H,3,6,9H2,1H3/t12-,15+/m0/s1. The summed E-state index contributed by atoms with van der Waals surface area (Å²) in [6.07, 6.45) is 0.270. The Labute approximate surface area is 179 Å². The van der Waals surface area contributed by atoms with Gasteiger partial charge in [-0.05, 0) is 31.9 Å². The van der Waals surface area contributed by atoms with Crippen LogP contribution in [0.1, 0.15) is 35.8 Å². The van der Waals surface area contributed by atoms with Crippen LogP contribution in [0.15, 0.2) is 43.0 Å². The zero-order valence-electron chi connectivity index (χ0n) is 16.8. The quantitative estimate of drug-likeness (QED) is 0.567. The first-order chi connectivity index (χ1) is 15.3. The minimum Gasteiger partial charge on any atom is -0.471 e. The van der Waals surface area contributed by atoms with E-state index in [1.54, 1.807) is 6.92 Å². The van der Waals surface area contributed by atoms with Gasteiger partial charge in [0.1, 0.15) is 11.8 Å². The van der Waals surface area contributed by atoms with Gasteiger partial charge in [-0.2, -0.15) is 23.4 Å². The molecule has 2 aromatic heterocycles. The van der Waals surface area contributed by atoms with Gasteiger partial charge in [0.05, 0.1) is 36.4 Å². The van der Waals surface area contributed by atoms with Gasteiger partial charge in [-0.15, -0.1) is 4.80 Å². The number of hydrogen-bond donors (Lipinski definition) is 0. The highest BCUT2D eigenvalue weighted by Crippen LogP contribution is 2.29. The molecule has 2 atom stereocenters. The first-order valence-electron chi connectivity index (χ1n) is 9.78. The Morgan fingerprint density at radius 2 is 1.91 bits per heavy atom. The van der Waals surface area contributed by atoms with E-state index in [1.807, 2.05) is 0 Å². The molecule has 0 bridgehead atoms. The Bertz CT molecular complexity index is 1090. The Hall–Kier alpha value is -3.57. The zero-order chi connectivity index (χ0) is 22.9. The molecule has 168 valence electrons. The van der Waals surface area contributed by atoms with E-state index in [1.165, 1.54) is 35.5 Å². The molecule has 1 aliphatic heterocycles. The molecule has 12 heteroatoms. The SMILES string of the molecule is C[C@H]1[C@H](Oc2cnc(C(F)(F)F)cn2)CCCN1C(=O)c1cccc(F)c1-n1nccn1. The zero-order valence-corrected chi connectivity index (χ0v) is 16.8. The maximum atomic E-state index is 14.5. The largest absolute Gasteiger partial charge is 0.471 e. The Balaban J connectivity index is 1.55. The van der Waals surface area contributed by atoms with Crippen molar-refractivity contribution in [3.63, 3.8) is 0 Å². The van der Waals surface area contributed by atoms with Crippen LogP contribution in [-0.2, 0) is 6.18 Å². The number of halogens is 4. The van der Waals surface area contributed by atoms with Crippen LogP contribution in [0, 0.1) is 5.82 Å². The minimum absolute atomic E-state index is 0.0636. The number of alkyl halides is 3. The molecular weight excluding hydrogens is 432 g/mol. The number of ether oxygens (including phenoxy) is 1. The Kier molecular flexibility index (Phi) is 5.76. The summed E-state index contributed by atoms with van der Waals surface area (Å²) in [5, 5.41) is 7.85. The van der Waals surface area contributed by atoms with E-state index < -0.39 is 35.7 Å². The molecule has 1 saturated heterocycles. The van der Waals surface area contributed by atoms with Crippen LogP contribution in [0.4, 0.5) is 17.6 Å². The molecule has 0 aliphatic carbocycles. The van der Waals surface area contributed by atoms with Gasteiger partial charge in [0, 0.05) is 6.54 Å². The summed E-state index contributed by atoms with van der Waals surface area (Å²) < 4.78 is 58.3. The first kappa shape index (κ1) is 21.7. The molecule has 1 aliphatic rings. The van der Waals surface area contributed by atoms with Crippen LogP contribution in [-0.4, -0.2) is 54.5 Å². The van der Waals surface area contributed by atoms with E-state index >= 15 is 0 Å². The minimum atomic E-state index is -4.60. The van der Waals surface area contributed by atoms with Crippen molar-refractivity contribution in [2.24, 2.45) is 0 Å². The number of nitrogens with zero attached hydrogens (tertiary/aromatic N) is 6. The summed E-state index contributed by atoms with van der Waals surface area (Å²) in [5.74, 6) is -1.16. The molecule has 1 amide bonds. The molecule has 0 unspecified atom stereocenters. The third-order valence-electron chi connectivity index (χ3n) is 5.20.